The number of carbonyl (C=O) groups is 1. The lowest BCUT2D eigenvalue weighted by Crippen LogP contribution is -2.48. The third kappa shape index (κ3) is 5.09. The molecule has 1 saturated heterocycles. The number of carbonyl (C=O) groups excluding carboxylic acids is 1. The van der Waals surface area contributed by atoms with E-state index in [1.54, 1.807) is 12.1 Å². The van der Waals surface area contributed by atoms with Crippen molar-refractivity contribution in [2.45, 2.75) is 44.4 Å². The molecular formula is C29H31FN2O3. The Kier molecular flexibility index (Phi) is 6.84. The summed E-state index contributed by atoms with van der Waals surface area (Å²) in [5, 5.41) is 3.45. The van der Waals surface area contributed by atoms with Gasteiger partial charge >= 0.3 is 0 Å². The van der Waals surface area contributed by atoms with Crippen molar-refractivity contribution in [3.63, 3.8) is 0 Å². The van der Waals surface area contributed by atoms with Crippen molar-refractivity contribution in [3.8, 4) is 5.75 Å². The van der Waals surface area contributed by atoms with E-state index >= 15 is 0 Å². The second-order valence-corrected chi connectivity index (χ2v) is 9.28. The van der Waals surface area contributed by atoms with E-state index in [1.807, 2.05) is 47.4 Å². The summed E-state index contributed by atoms with van der Waals surface area (Å²) in [5.74, 6) is 0.558. The van der Waals surface area contributed by atoms with E-state index in [0.717, 1.165) is 24.0 Å². The van der Waals surface area contributed by atoms with Gasteiger partial charge in [0.05, 0.1) is 24.8 Å². The number of amides is 1. The van der Waals surface area contributed by atoms with Crippen molar-refractivity contribution in [2.24, 2.45) is 0 Å². The number of ether oxygens (including phenoxy) is 2. The van der Waals surface area contributed by atoms with Crippen LogP contribution < -0.4 is 10.1 Å². The molecule has 1 spiro atoms. The van der Waals surface area contributed by atoms with Crippen LogP contribution in [0.4, 0.5) is 4.39 Å². The molecule has 5 nitrogen and oxygen atoms in total. The molecule has 1 fully saturated rings. The molecule has 0 radical (unpaired) electrons. The molecule has 0 aliphatic carbocycles. The Labute approximate surface area is 205 Å². The van der Waals surface area contributed by atoms with E-state index in [-0.39, 0.29) is 24.1 Å². The second-order valence-electron chi connectivity index (χ2n) is 9.28. The molecule has 0 bridgehead atoms. The molecule has 182 valence electrons. The number of hydrogen-bond donors (Lipinski definition) is 1. The molecular weight excluding hydrogens is 443 g/mol. The van der Waals surface area contributed by atoms with Crippen LogP contribution in [-0.4, -0.2) is 36.8 Å². The average Bonchev–Trinajstić information content (AvgIpc) is 3.24. The highest BCUT2D eigenvalue weighted by atomic mass is 19.1. The fraction of sp³-hybridized carbons (Fsp3) is 0.345. The maximum absolute atomic E-state index is 13.2. The van der Waals surface area contributed by atoms with Gasteiger partial charge in [-0.3, -0.25) is 10.1 Å². The van der Waals surface area contributed by atoms with E-state index < -0.39 is 6.36 Å². The van der Waals surface area contributed by atoms with E-state index in [0.29, 0.717) is 25.4 Å². The van der Waals surface area contributed by atoms with Gasteiger partial charge in [-0.05, 0) is 47.2 Å². The second kappa shape index (κ2) is 10.2. The van der Waals surface area contributed by atoms with Crippen molar-refractivity contribution in [2.75, 3.05) is 19.6 Å². The minimum atomic E-state index is -1.37. The summed E-state index contributed by atoms with van der Waals surface area (Å²) in [6.07, 6.45) is 0.256. The lowest BCUT2D eigenvalue weighted by atomic mass is 9.84. The minimum Gasteiger partial charge on any atom is -0.461 e. The maximum Gasteiger partial charge on any atom is 0.236 e. The topological polar surface area (TPSA) is 50.8 Å². The Hall–Kier alpha value is -3.22. The molecule has 1 N–H and O–H groups in total. The van der Waals surface area contributed by atoms with Gasteiger partial charge in [-0.2, -0.15) is 0 Å². The number of piperidine rings is 1. The van der Waals surface area contributed by atoms with Crippen LogP contribution in [0, 0.1) is 0 Å². The SMILES string of the molecule is CC(F)Oc1ccc(C(NCC(=O)N2CCC3(CC2)OCc2ccccc23)c2ccccc2)cc1. The highest BCUT2D eigenvalue weighted by Gasteiger charge is 2.43. The summed E-state index contributed by atoms with van der Waals surface area (Å²) in [6.45, 7) is 3.59. The summed E-state index contributed by atoms with van der Waals surface area (Å²) in [6, 6.07) is 25.6. The highest BCUT2D eigenvalue weighted by molar-refractivity contribution is 5.78. The third-order valence-electron chi connectivity index (χ3n) is 7.04. The van der Waals surface area contributed by atoms with Crippen molar-refractivity contribution in [3.05, 3.63) is 101 Å². The molecule has 1 amide bonds. The molecule has 5 rings (SSSR count). The van der Waals surface area contributed by atoms with Gasteiger partial charge in [0.15, 0.2) is 0 Å². The van der Waals surface area contributed by atoms with Crippen molar-refractivity contribution in [1.29, 1.82) is 0 Å². The van der Waals surface area contributed by atoms with Crippen LogP contribution in [0.1, 0.15) is 48.1 Å². The summed E-state index contributed by atoms with van der Waals surface area (Å²) in [4.78, 5) is 15.1. The third-order valence-corrected chi connectivity index (χ3v) is 7.04. The smallest absolute Gasteiger partial charge is 0.236 e. The normalized spacial score (nSPS) is 18.2. The number of halogens is 1. The number of nitrogens with zero attached hydrogens (tertiary/aromatic N) is 1. The van der Waals surface area contributed by atoms with Crippen molar-refractivity contribution >= 4 is 5.91 Å². The summed E-state index contributed by atoms with van der Waals surface area (Å²) >= 11 is 0. The van der Waals surface area contributed by atoms with Gasteiger partial charge in [0.2, 0.25) is 12.3 Å². The summed E-state index contributed by atoms with van der Waals surface area (Å²) in [5.41, 5.74) is 4.33. The number of benzene rings is 3. The average molecular weight is 475 g/mol. The summed E-state index contributed by atoms with van der Waals surface area (Å²) in [7, 11) is 0. The Balaban J connectivity index is 1.24. The van der Waals surface area contributed by atoms with Crippen LogP contribution in [-0.2, 0) is 21.7 Å². The number of nitrogens with one attached hydrogen (secondary N) is 1. The van der Waals surface area contributed by atoms with Crippen LogP contribution in [0.3, 0.4) is 0 Å². The predicted octanol–water partition coefficient (Wildman–Crippen LogP) is 5.11. The number of fused-ring (bicyclic) bond motifs is 2. The number of alkyl halides is 1. The molecule has 2 aliphatic rings. The van der Waals surface area contributed by atoms with Gasteiger partial charge in [-0.25, -0.2) is 4.39 Å². The predicted molar refractivity (Wildman–Crippen MR) is 133 cm³/mol. The zero-order chi connectivity index (χ0) is 24.3. The monoisotopic (exact) mass is 474 g/mol. The first-order valence-electron chi connectivity index (χ1n) is 12.2. The molecule has 3 aromatic carbocycles. The molecule has 3 aromatic rings. The van der Waals surface area contributed by atoms with Crippen LogP contribution in [0.15, 0.2) is 78.9 Å². The Bertz CT molecular complexity index is 1140. The quantitative estimate of drug-likeness (QED) is 0.517. The van der Waals surface area contributed by atoms with Gasteiger partial charge in [0, 0.05) is 20.0 Å². The largest absolute Gasteiger partial charge is 0.461 e. The first kappa shape index (κ1) is 23.5. The zero-order valence-corrected chi connectivity index (χ0v) is 20.0. The Morgan fingerprint density at radius 3 is 2.37 bits per heavy atom. The first-order valence-corrected chi connectivity index (χ1v) is 12.2. The number of hydrogen-bond acceptors (Lipinski definition) is 4. The molecule has 0 aromatic heterocycles. The highest BCUT2D eigenvalue weighted by Crippen LogP contribution is 2.44. The fourth-order valence-electron chi connectivity index (χ4n) is 5.22. The molecule has 6 heteroatoms. The zero-order valence-electron chi connectivity index (χ0n) is 20.0. The van der Waals surface area contributed by atoms with Crippen LogP contribution >= 0.6 is 0 Å². The van der Waals surface area contributed by atoms with E-state index in [4.69, 9.17) is 9.47 Å². The van der Waals surface area contributed by atoms with Crippen molar-refractivity contribution in [1.82, 2.24) is 10.2 Å². The fourth-order valence-corrected chi connectivity index (χ4v) is 5.22. The van der Waals surface area contributed by atoms with Crippen LogP contribution in [0.2, 0.25) is 0 Å². The molecule has 2 heterocycles. The standard InChI is InChI=1S/C29H31FN2O3/c1-21(30)35-25-13-11-23(12-14-25)28(22-7-3-2-4-8-22)31-19-27(33)32-17-15-29(16-18-32)26-10-6-5-9-24(26)20-34-29/h2-14,21,28,31H,15-20H2,1H3. The van der Waals surface area contributed by atoms with Gasteiger partial charge in [0.1, 0.15) is 5.75 Å². The van der Waals surface area contributed by atoms with Gasteiger partial charge in [-0.15, -0.1) is 0 Å². The molecule has 0 saturated carbocycles. The van der Waals surface area contributed by atoms with Crippen LogP contribution in [0.5, 0.6) is 5.75 Å². The van der Waals surface area contributed by atoms with Crippen molar-refractivity contribution < 1.29 is 18.7 Å². The molecule has 2 aliphatic heterocycles. The maximum atomic E-state index is 13.2. The van der Waals surface area contributed by atoms with E-state index in [9.17, 15) is 9.18 Å². The first-order chi connectivity index (χ1) is 17.0. The molecule has 35 heavy (non-hydrogen) atoms. The number of likely N-dealkylation sites (tertiary alicyclic amines) is 1. The van der Waals surface area contributed by atoms with Gasteiger partial charge in [0.25, 0.3) is 0 Å². The lowest BCUT2D eigenvalue weighted by Gasteiger charge is -2.39. The number of rotatable bonds is 7. The van der Waals surface area contributed by atoms with Crippen LogP contribution in [0.25, 0.3) is 0 Å². The van der Waals surface area contributed by atoms with Gasteiger partial charge in [-0.1, -0.05) is 66.7 Å². The lowest BCUT2D eigenvalue weighted by molar-refractivity contribution is -0.137. The van der Waals surface area contributed by atoms with E-state index in [2.05, 4.69) is 29.6 Å². The Morgan fingerprint density at radius 1 is 1.00 bits per heavy atom. The Morgan fingerprint density at radius 2 is 1.66 bits per heavy atom. The summed E-state index contributed by atoms with van der Waals surface area (Å²) < 4.78 is 24.6. The minimum absolute atomic E-state index is 0.0817. The molecule has 2 atom stereocenters. The molecule has 2 unspecified atom stereocenters. The van der Waals surface area contributed by atoms with Gasteiger partial charge < -0.3 is 14.4 Å². The van der Waals surface area contributed by atoms with E-state index in [1.165, 1.54) is 18.1 Å².